The van der Waals surface area contributed by atoms with Gasteiger partial charge in [0.1, 0.15) is 0 Å². The summed E-state index contributed by atoms with van der Waals surface area (Å²) < 4.78 is 0. The summed E-state index contributed by atoms with van der Waals surface area (Å²) in [4.78, 5) is 23.9. The Labute approximate surface area is 109 Å². The van der Waals surface area contributed by atoms with Gasteiger partial charge >= 0.3 is 12.0 Å². The number of hydrogen-bond acceptors (Lipinski definition) is 4. The zero-order valence-corrected chi connectivity index (χ0v) is 10.8. The smallest absolute Gasteiger partial charge is 0.334 e. The van der Waals surface area contributed by atoms with Crippen molar-refractivity contribution >= 4 is 23.3 Å². The first kappa shape index (κ1) is 14.5. The number of aliphatic hydroxyl groups excluding tert-OH is 1. The van der Waals surface area contributed by atoms with Gasteiger partial charge in [0.15, 0.2) is 6.10 Å². The van der Waals surface area contributed by atoms with Gasteiger partial charge in [-0.25, -0.2) is 9.59 Å². The minimum Gasteiger partial charge on any atom is -0.479 e. The molecule has 0 aliphatic heterocycles. The molecule has 0 aliphatic rings. The topological polar surface area (TPSA) is 98.7 Å². The van der Waals surface area contributed by atoms with E-state index in [1.54, 1.807) is 11.3 Å². The highest BCUT2D eigenvalue weighted by Gasteiger charge is 2.13. The Morgan fingerprint density at radius 1 is 1.33 bits per heavy atom. The number of carboxylic acids is 1. The van der Waals surface area contributed by atoms with Gasteiger partial charge in [0, 0.05) is 9.75 Å². The number of urea groups is 1. The molecule has 18 heavy (non-hydrogen) atoms. The second kappa shape index (κ2) is 6.97. The third-order valence-corrected chi connectivity index (χ3v) is 3.46. The third-order valence-electron chi connectivity index (χ3n) is 2.23. The first-order chi connectivity index (χ1) is 8.52. The molecule has 6 nitrogen and oxygen atoms in total. The van der Waals surface area contributed by atoms with Crippen LogP contribution < -0.4 is 10.6 Å². The van der Waals surface area contributed by atoms with Crippen molar-refractivity contribution in [3.05, 3.63) is 21.9 Å². The van der Waals surface area contributed by atoms with E-state index in [4.69, 9.17) is 10.2 Å². The van der Waals surface area contributed by atoms with Crippen molar-refractivity contribution in [1.29, 1.82) is 0 Å². The molecule has 1 heterocycles. The van der Waals surface area contributed by atoms with Crippen LogP contribution >= 0.6 is 11.3 Å². The molecule has 0 bridgehead atoms. The lowest BCUT2D eigenvalue weighted by molar-refractivity contribution is -0.146. The summed E-state index contributed by atoms with van der Waals surface area (Å²) in [7, 11) is 0. The Hall–Kier alpha value is -1.60. The number of amides is 2. The number of carbonyl (C=O) groups excluding carboxylic acids is 1. The second-order valence-corrected chi connectivity index (χ2v) is 4.89. The molecule has 1 aromatic heterocycles. The van der Waals surface area contributed by atoms with Crippen molar-refractivity contribution in [2.45, 2.75) is 26.0 Å². The van der Waals surface area contributed by atoms with E-state index in [-0.39, 0.29) is 6.54 Å². The molecule has 0 saturated heterocycles. The highest BCUT2D eigenvalue weighted by molar-refractivity contribution is 7.11. The molecular weight excluding hydrogens is 256 g/mol. The lowest BCUT2D eigenvalue weighted by Gasteiger charge is -2.08. The summed E-state index contributed by atoms with van der Waals surface area (Å²) in [5, 5.41) is 22.2. The van der Waals surface area contributed by atoms with E-state index in [0.29, 0.717) is 6.54 Å². The Morgan fingerprint density at radius 2 is 2.00 bits per heavy atom. The van der Waals surface area contributed by atoms with Gasteiger partial charge in [-0.05, 0) is 18.6 Å². The van der Waals surface area contributed by atoms with E-state index >= 15 is 0 Å². The predicted octanol–water partition coefficient (Wildman–Crippen LogP) is 0.555. The number of nitrogens with one attached hydrogen (secondary N) is 2. The number of hydrogen-bond donors (Lipinski definition) is 4. The van der Waals surface area contributed by atoms with Crippen molar-refractivity contribution in [2.24, 2.45) is 0 Å². The predicted molar refractivity (Wildman–Crippen MR) is 67.6 cm³/mol. The molecule has 1 aromatic rings. The van der Waals surface area contributed by atoms with Crippen LogP contribution in [-0.2, 0) is 17.8 Å². The number of carbonyl (C=O) groups is 2. The molecule has 0 saturated carbocycles. The lowest BCUT2D eigenvalue weighted by atomic mass is 10.3. The molecule has 0 aromatic carbocycles. The fraction of sp³-hybridized carbons (Fsp3) is 0.455. The molecule has 4 N–H and O–H groups in total. The van der Waals surface area contributed by atoms with Crippen LogP contribution in [0.2, 0.25) is 0 Å². The van der Waals surface area contributed by atoms with Gasteiger partial charge in [0.25, 0.3) is 0 Å². The number of aliphatic carboxylic acids is 1. The van der Waals surface area contributed by atoms with E-state index in [2.05, 4.69) is 17.6 Å². The SMILES string of the molecule is CCc1ccc(CNC(=O)NC[C@H](O)C(=O)O)s1. The van der Waals surface area contributed by atoms with Crippen LogP contribution in [0.1, 0.15) is 16.7 Å². The van der Waals surface area contributed by atoms with Crippen molar-refractivity contribution < 1.29 is 19.8 Å². The van der Waals surface area contributed by atoms with Crippen molar-refractivity contribution in [3.63, 3.8) is 0 Å². The van der Waals surface area contributed by atoms with E-state index in [0.717, 1.165) is 11.3 Å². The van der Waals surface area contributed by atoms with E-state index in [1.807, 2.05) is 12.1 Å². The van der Waals surface area contributed by atoms with Gasteiger partial charge in [-0.1, -0.05) is 6.92 Å². The Bertz CT molecular complexity index is 419. The Balaban J connectivity index is 2.26. The molecule has 0 unspecified atom stereocenters. The zero-order chi connectivity index (χ0) is 13.5. The van der Waals surface area contributed by atoms with Crippen LogP contribution in [0.4, 0.5) is 4.79 Å². The third kappa shape index (κ3) is 4.72. The maximum atomic E-state index is 11.3. The van der Waals surface area contributed by atoms with Gasteiger partial charge in [0.05, 0.1) is 13.1 Å². The van der Waals surface area contributed by atoms with Crippen LogP contribution in [0.5, 0.6) is 0 Å². The monoisotopic (exact) mass is 272 g/mol. The van der Waals surface area contributed by atoms with Crippen molar-refractivity contribution in [1.82, 2.24) is 10.6 Å². The van der Waals surface area contributed by atoms with Crippen LogP contribution in [0.25, 0.3) is 0 Å². The molecule has 0 fully saturated rings. The highest BCUT2D eigenvalue weighted by Crippen LogP contribution is 2.16. The molecular formula is C11H16N2O4S. The minimum absolute atomic E-state index is 0.314. The summed E-state index contributed by atoms with van der Waals surface area (Å²) in [6.07, 6.45) is -0.619. The van der Waals surface area contributed by atoms with Gasteiger partial charge in [-0.3, -0.25) is 0 Å². The summed E-state index contributed by atoms with van der Waals surface area (Å²) in [5.74, 6) is -1.36. The van der Waals surface area contributed by atoms with Crippen molar-refractivity contribution in [2.75, 3.05) is 6.54 Å². The first-order valence-electron chi connectivity index (χ1n) is 5.53. The second-order valence-electron chi connectivity index (χ2n) is 3.64. The van der Waals surface area contributed by atoms with Gasteiger partial charge in [-0.2, -0.15) is 0 Å². The largest absolute Gasteiger partial charge is 0.479 e. The van der Waals surface area contributed by atoms with Gasteiger partial charge in [0.2, 0.25) is 0 Å². The van der Waals surface area contributed by atoms with E-state index < -0.39 is 18.1 Å². The number of aryl methyl sites for hydroxylation is 1. The maximum absolute atomic E-state index is 11.3. The molecule has 2 amide bonds. The summed E-state index contributed by atoms with van der Waals surface area (Å²) in [6, 6.07) is 3.45. The fourth-order valence-electron chi connectivity index (χ4n) is 1.21. The fourth-order valence-corrected chi connectivity index (χ4v) is 2.11. The highest BCUT2D eigenvalue weighted by atomic mass is 32.1. The quantitative estimate of drug-likeness (QED) is 0.608. The number of thiophene rings is 1. The number of carboxylic acid groups (broad SMARTS) is 1. The summed E-state index contributed by atoms with van der Waals surface area (Å²) >= 11 is 1.62. The number of rotatable bonds is 6. The van der Waals surface area contributed by atoms with E-state index in [1.165, 1.54) is 4.88 Å². The standard InChI is InChI=1S/C11H16N2O4S/c1-2-7-3-4-8(18-7)5-12-11(17)13-6-9(14)10(15)16/h3-4,9,14H,2,5-6H2,1H3,(H,15,16)(H2,12,13,17)/t9-/m0/s1. The molecule has 0 radical (unpaired) electrons. The van der Waals surface area contributed by atoms with Gasteiger partial charge < -0.3 is 20.8 Å². The molecule has 1 rings (SSSR count). The molecule has 1 atom stereocenters. The summed E-state index contributed by atoms with van der Waals surface area (Å²) in [5.41, 5.74) is 0. The molecule has 0 aliphatic carbocycles. The lowest BCUT2D eigenvalue weighted by Crippen LogP contribution is -2.41. The molecule has 100 valence electrons. The van der Waals surface area contributed by atoms with Crippen LogP contribution in [0.15, 0.2) is 12.1 Å². The zero-order valence-electron chi connectivity index (χ0n) is 9.97. The summed E-state index contributed by atoms with van der Waals surface area (Å²) in [6.45, 7) is 2.13. The minimum atomic E-state index is -1.58. The molecule has 0 spiro atoms. The van der Waals surface area contributed by atoms with Crippen LogP contribution in [0, 0.1) is 0 Å². The Morgan fingerprint density at radius 3 is 2.56 bits per heavy atom. The van der Waals surface area contributed by atoms with Crippen molar-refractivity contribution in [3.8, 4) is 0 Å². The maximum Gasteiger partial charge on any atom is 0.334 e. The van der Waals surface area contributed by atoms with Crippen LogP contribution in [-0.4, -0.2) is 34.9 Å². The van der Waals surface area contributed by atoms with E-state index in [9.17, 15) is 9.59 Å². The first-order valence-corrected chi connectivity index (χ1v) is 6.34. The normalized spacial score (nSPS) is 11.9. The van der Waals surface area contributed by atoms with Crippen LogP contribution in [0.3, 0.4) is 0 Å². The Kier molecular flexibility index (Phi) is 5.60. The average molecular weight is 272 g/mol. The van der Waals surface area contributed by atoms with Gasteiger partial charge in [-0.15, -0.1) is 11.3 Å². The molecule has 7 heteroatoms. The number of aliphatic hydroxyl groups is 1. The average Bonchev–Trinajstić information content (AvgIpc) is 2.81.